The molecule has 26 heavy (non-hydrogen) atoms. The number of phenols is 1. The summed E-state index contributed by atoms with van der Waals surface area (Å²) in [5, 5.41) is 9.43. The van der Waals surface area contributed by atoms with E-state index in [0.717, 1.165) is 35.5 Å². The van der Waals surface area contributed by atoms with Crippen LogP contribution in [0.25, 0.3) is 0 Å². The highest BCUT2D eigenvalue weighted by Crippen LogP contribution is 2.36. The molecule has 1 N–H and O–H groups in total. The van der Waals surface area contributed by atoms with E-state index in [-0.39, 0.29) is 17.5 Å². The van der Waals surface area contributed by atoms with E-state index in [1.807, 2.05) is 24.3 Å². The van der Waals surface area contributed by atoms with Gasteiger partial charge in [-0.15, -0.1) is 0 Å². The average molecular weight is 350 g/mol. The molecule has 0 spiro atoms. The van der Waals surface area contributed by atoms with Crippen molar-refractivity contribution in [1.29, 1.82) is 0 Å². The molecule has 0 amide bonds. The number of ketones is 1. The number of carbonyl (C=O) groups is 1. The summed E-state index contributed by atoms with van der Waals surface area (Å²) in [5.74, 6) is 1.82. The molecule has 4 rings (SSSR count). The van der Waals surface area contributed by atoms with E-state index < -0.39 is 0 Å². The molecule has 3 heteroatoms. The molecule has 0 aromatic heterocycles. The number of fused-ring (bicyclic) bond motifs is 1. The topological polar surface area (TPSA) is 46.5 Å². The van der Waals surface area contributed by atoms with Gasteiger partial charge >= 0.3 is 0 Å². The number of ether oxygens (including phenoxy) is 1. The molecule has 2 aliphatic carbocycles. The molecule has 136 valence electrons. The molecular weight excluding hydrogens is 324 g/mol. The highest BCUT2D eigenvalue weighted by atomic mass is 16.5. The maximum absolute atomic E-state index is 13.0. The van der Waals surface area contributed by atoms with Crippen LogP contribution < -0.4 is 4.74 Å². The van der Waals surface area contributed by atoms with Crippen LogP contribution in [-0.4, -0.2) is 17.5 Å². The molecular formula is C23H26O3. The number of carbonyl (C=O) groups excluding carboxylic acids is 1. The minimum atomic E-state index is -0.0334. The molecule has 0 radical (unpaired) electrons. The predicted octanol–water partition coefficient (Wildman–Crippen LogP) is 4.95. The standard InChI is InChI=1S/C23H26O3/c24-20-11-9-16(10-12-20)13-19-14-18-7-4-8-21(22(18)23(19)25)26-15-17-5-2-1-3-6-17/h4,7-12,17,19,24H,1-3,5-6,13-15H2. The smallest absolute Gasteiger partial charge is 0.170 e. The van der Waals surface area contributed by atoms with Crippen LogP contribution in [0.4, 0.5) is 0 Å². The molecule has 0 aliphatic heterocycles. The Labute approximate surface area is 155 Å². The summed E-state index contributed by atoms with van der Waals surface area (Å²) >= 11 is 0. The van der Waals surface area contributed by atoms with Crippen LogP contribution in [0.1, 0.15) is 53.6 Å². The van der Waals surface area contributed by atoms with Crippen LogP contribution in [0.2, 0.25) is 0 Å². The lowest BCUT2D eigenvalue weighted by molar-refractivity contribution is 0.0931. The minimum Gasteiger partial charge on any atom is -0.508 e. The molecule has 3 nitrogen and oxygen atoms in total. The lowest BCUT2D eigenvalue weighted by Gasteiger charge is -2.22. The molecule has 1 atom stereocenters. The Morgan fingerprint density at radius 3 is 2.54 bits per heavy atom. The van der Waals surface area contributed by atoms with E-state index in [4.69, 9.17) is 4.74 Å². The first kappa shape index (κ1) is 17.1. The molecule has 1 unspecified atom stereocenters. The van der Waals surface area contributed by atoms with Gasteiger partial charge in [-0.3, -0.25) is 4.79 Å². The predicted molar refractivity (Wildman–Crippen MR) is 102 cm³/mol. The Morgan fingerprint density at radius 2 is 1.77 bits per heavy atom. The number of benzene rings is 2. The summed E-state index contributed by atoms with van der Waals surface area (Å²) in [4.78, 5) is 13.0. The van der Waals surface area contributed by atoms with Crippen molar-refractivity contribution >= 4 is 5.78 Å². The SMILES string of the molecule is O=C1c2c(cccc2OCC2CCCCC2)CC1Cc1ccc(O)cc1. The molecule has 0 saturated heterocycles. The highest BCUT2D eigenvalue weighted by molar-refractivity contribution is 6.04. The second-order valence-corrected chi connectivity index (χ2v) is 7.74. The normalized spacial score (nSPS) is 20.2. The third-order valence-electron chi connectivity index (χ3n) is 5.81. The first-order valence-electron chi connectivity index (χ1n) is 9.77. The summed E-state index contributed by atoms with van der Waals surface area (Å²) < 4.78 is 6.12. The highest BCUT2D eigenvalue weighted by Gasteiger charge is 2.33. The van der Waals surface area contributed by atoms with Gasteiger partial charge in [-0.25, -0.2) is 0 Å². The molecule has 1 saturated carbocycles. The van der Waals surface area contributed by atoms with Crippen molar-refractivity contribution in [3.8, 4) is 11.5 Å². The largest absolute Gasteiger partial charge is 0.508 e. The fraction of sp³-hybridized carbons (Fsp3) is 0.435. The zero-order valence-corrected chi connectivity index (χ0v) is 15.1. The molecule has 2 aromatic rings. The quantitative estimate of drug-likeness (QED) is 0.830. The number of aromatic hydroxyl groups is 1. The summed E-state index contributed by atoms with van der Waals surface area (Å²) in [6, 6.07) is 13.2. The zero-order chi connectivity index (χ0) is 17.9. The number of hydrogen-bond acceptors (Lipinski definition) is 3. The van der Waals surface area contributed by atoms with Crippen LogP contribution in [0.3, 0.4) is 0 Å². The fourth-order valence-electron chi connectivity index (χ4n) is 4.35. The van der Waals surface area contributed by atoms with Gasteiger partial charge < -0.3 is 9.84 Å². The Kier molecular flexibility index (Phi) is 4.96. The van der Waals surface area contributed by atoms with E-state index in [1.54, 1.807) is 12.1 Å². The van der Waals surface area contributed by atoms with Gasteiger partial charge in [0.05, 0.1) is 12.2 Å². The van der Waals surface area contributed by atoms with Crippen molar-refractivity contribution in [2.45, 2.75) is 44.9 Å². The van der Waals surface area contributed by atoms with Crippen molar-refractivity contribution in [1.82, 2.24) is 0 Å². The van der Waals surface area contributed by atoms with Crippen molar-refractivity contribution in [2.75, 3.05) is 6.61 Å². The van der Waals surface area contributed by atoms with Gasteiger partial charge in [-0.2, -0.15) is 0 Å². The lowest BCUT2D eigenvalue weighted by atomic mass is 9.90. The van der Waals surface area contributed by atoms with Crippen LogP contribution in [0.5, 0.6) is 11.5 Å². The van der Waals surface area contributed by atoms with Gasteiger partial charge in [0.15, 0.2) is 5.78 Å². The molecule has 1 fully saturated rings. The number of Topliss-reactive ketones (excluding diaryl/α,β-unsaturated/α-hetero) is 1. The summed E-state index contributed by atoms with van der Waals surface area (Å²) in [7, 11) is 0. The second-order valence-electron chi connectivity index (χ2n) is 7.74. The minimum absolute atomic E-state index is 0.0334. The third-order valence-corrected chi connectivity index (χ3v) is 5.81. The van der Waals surface area contributed by atoms with E-state index in [2.05, 4.69) is 6.07 Å². The Bertz CT molecular complexity index is 773. The summed E-state index contributed by atoms with van der Waals surface area (Å²) in [6.07, 6.45) is 7.90. The Balaban J connectivity index is 1.46. The molecule has 2 aromatic carbocycles. The van der Waals surface area contributed by atoms with Gasteiger partial charge in [0.25, 0.3) is 0 Å². The van der Waals surface area contributed by atoms with Crippen LogP contribution in [0.15, 0.2) is 42.5 Å². The zero-order valence-electron chi connectivity index (χ0n) is 15.1. The van der Waals surface area contributed by atoms with Crippen molar-refractivity contribution in [2.24, 2.45) is 11.8 Å². The molecule has 0 heterocycles. The summed E-state index contributed by atoms with van der Waals surface area (Å²) in [6.45, 7) is 0.729. The van der Waals surface area contributed by atoms with Gasteiger partial charge in [-0.1, -0.05) is 43.5 Å². The summed E-state index contributed by atoms with van der Waals surface area (Å²) in [5.41, 5.74) is 2.99. The van der Waals surface area contributed by atoms with E-state index >= 15 is 0 Å². The van der Waals surface area contributed by atoms with Crippen LogP contribution >= 0.6 is 0 Å². The molecule has 0 bridgehead atoms. The van der Waals surface area contributed by atoms with Gasteiger partial charge in [-0.05, 0) is 60.9 Å². The maximum atomic E-state index is 13.0. The number of phenolic OH excluding ortho intramolecular Hbond substituents is 1. The van der Waals surface area contributed by atoms with Crippen molar-refractivity contribution in [3.05, 3.63) is 59.2 Å². The van der Waals surface area contributed by atoms with Crippen LogP contribution in [-0.2, 0) is 12.8 Å². The Hall–Kier alpha value is -2.29. The van der Waals surface area contributed by atoms with Crippen molar-refractivity contribution < 1.29 is 14.6 Å². The lowest BCUT2D eigenvalue weighted by Crippen LogP contribution is -2.17. The maximum Gasteiger partial charge on any atom is 0.170 e. The monoisotopic (exact) mass is 350 g/mol. The fourth-order valence-corrected chi connectivity index (χ4v) is 4.35. The van der Waals surface area contributed by atoms with Gasteiger partial charge in [0.1, 0.15) is 11.5 Å². The van der Waals surface area contributed by atoms with E-state index in [9.17, 15) is 9.90 Å². The third kappa shape index (κ3) is 3.62. The van der Waals surface area contributed by atoms with E-state index in [0.29, 0.717) is 12.3 Å². The number of hydrogen-bond donors (Lipinski definition) is 1. The van der Waals surface area contributed by atoms with Crippen LogP contribution in [0, 0.1) is 11.8 Å². The first-order valence-corrected chi connectivity index (χ1v) is 9.77. The first-order chi connectivity index (χ1) is 12.7. The van der Waals surface area contributed by atoms with Gasteiger partial charge in [0, 0.05) is 5.92 Å². The van der Waals surface area contributed by atoms with Crippen molar-refractivity contribution in [3.63, 3.8) is 0 Å². The number of rotatable bonds is 5. The van der Waals surface area contributed by atoms with E-state index in [1.165, 1.54) is 32.1 Å². The Morgan fingerprint density at radius 1 is 1.00 bits per heavy atom. The average Bonchev–Trinajstić information content (AvgIpc) is 2.99. The second kappa shape index (κ2) is 7.53. The van der Waals surface area contributed by atoms with Gasteiger partial charge in [0.2, 0.25) is 0 Å². The molecule has 2 aliphatic rings.